The van der Waals surface area contributed by atoms with Crippen LogP contribution in [0, 0.1) is 10.1 Å². The van der Waals surface area contributed by atoms with E-state index in [0.717, 1.165) is 25.1 Å². The van der Waals surface area contributed by atoms with Crippen LogP contribution in [0.3, 0.4) is 0 Å². The molecule has 2 aliphatic heterocycles. The smallest absolute Gasteiger partial charge is 0.292 e. The van der Waals surface area contributed by atoms with Gasteiger partial charge >= 0.3 is 0 Å². The Morgan fingerprint density at radius 1 is 1.50 bits per heavy atom. The summed E-state index contributed by atoms with van der Waals surface area (Å²) in [4.78, 5) is 10.6. The van der Waals surface area contributed by atoms with E-state index in [1.807, 2.05) is 6.07 Å². The first-order valence-corrected chi connectivity index (χ1v) is 5.32. The molecule has 0 aromatic heterocycles. The molecule has 1 atom stereocenters. The third-order valence-electron chi connectivity index (χ3n) is 3.52. The van der Waals surface area contributed by atoms with E-state index < -0.39 is 0 Å². The normalized spacial score (nSPS) is 26.8. The van der Waals surface area contributed by atoms with E-state index in [1.54, 1.807) is 12.1 Å². The zero-order valence-corrected chi connectivity index (χ0v) is 8.73. The number of anilines is 1. The van der Waals surface area contributed by atoms with Crippen LogP contribution in [-0.4, -0.2) is 24.7 Å². The van der Waals surface area contributed by atoms with Gasteiger partial charge in [-0.25, -0.2) is 0 Å². The second kappa shape index (κ2) is 3.18. The molecule has 1 aromatic carbocycles. The first-order chi connectivity index (χ1) is 7.73. The summed E-state index contributed by atoms with van der Waals surface area (Å²) in [7, 11) is 0. The number of ether oxygens (including phenoxy) is 1. The van der Waals surface area contributed by atoms with Crippen molar-refractivity contribution in [2.24, 2.45) is 0 Å². The standard InChI is InChI=1S/C11H12N2O3/c14-13(15)9-3-1-2-8-10(9)12-6-11(8)4-5-16-7-11/h1-3,12H,4-7H2. The Bertz CT molecular complexity index is 453. The minimum atomic E-state index is -0.333. The molecule has 1 fully saturated rings. The fourth-order valence-corrected chi connectivity index (χ4v) is 2.63. The highest BCUT2D eigenvalue weighted by Gasteiger charge is 2.44. The lowest BCUT2D eigenvalue weighted by Gasteiger charge is -2.20. The highest BCUT2D eigenvalue weighted by atomic mass is 16.6. The quantitative estimate of drug-likeness (QED) is 0.577. The van der Waals surface area contributed by atoms with Crippen molar-refractivity contribution in [2.75, 3.05) is 25.1 Å². The van der Waals surface area contributed by atoms with Crippen LogP contribution in [-0.2, 0) is 10.2 Å². The van der Waals surface area contributed by atoms with Crippen LogP contribution >= 0.6 is 0 Å². The Hall–Kier alpha value is -1.62. The molecule has 1 spiro atoms. The SMILES string of the molecule is O=[N+]([O-])c1cccc2c1NCC21CCOC1. The fourth-order valence-electron chi connectivity index (χ4n) is 2.63. The monoisotopic (exact) mass is 220 g/mol. The summed E-state index contributed by atoms with van der Waals surface area (Å²) in [6.07, 6.45) is 0.939. The maximum Gasteiger partial charge on any atom is 0.292 e. The predicted molar refractivity (Wildman–Crippen MR) is 58.7 cm³/mol. The van der Waals surface area contributed by atoms with Crippen LogP contribution in [0.4, 0.5) is 11.4 Å². The van der Waals surface area contributed by atoms with Crippen molar-refractivity contribution >= 4 is 11.4 Å². The van der Waals surface area contributed by atoms with Crippen molar-refractivity contribution in [3.05, 3.63) is 33.9 Å². The van der Waals surface area contributed by atoms with Crippen molar-refractivity contribution in [2.45, 2.75) is 11.8 Å². The van der Waals surface area contributed by atoms with Gasteiger partial charge in [0.1, 0.15) is 5.69 Å². The first kappa shape index (κ1) is 9.59. The van der Waals surface area contributed by atoms with E-state index in [1.165, 1.54) is 0 Å². The van der Waals surface area contributed by atoms with E-state index in [0.29, 0.717) is 12.3 Å². The molecule has 1 N–H and O–H groups in total. The maximum absolute atomic E-state index is 10.9. The third kappa shape index (κ3) is 1.15. The van der Waals surface area contributed by atoms with E-state index in [4.69, 9.17) is 4.74 Å². The fraction of sp³-hybridized carbons (Fsp3) is 0.455. The summed E-state index contributed by atoms with van der Waals surface area (Å²) in [5, 5.41) is 14.1. The van der Waals surface area contributed by atoms with Gasteiger partial charge in [0.05, 0.1) is 11.5 Å². The summed E-state index contributed by atoms with van der Waals surface area (Å²) in [5.74, 6) is 0. The molecule has 2 heterocycles. The van der Waals surface area contributed by atoms with Crippen LogP contribution in [0.2, 0.25) is 0 Å². The Morgan fingerprint density at radius 2 is 2.38 bits per heavy atom. The Labute approximate surface area is 92.6 Å². The lowest BCUT2D eigenvalue weighted by atomic mass is 9.82. The van der Waals surface area contributed by atoms with Gasteiger partial charge in [0.25, 0.3) is 5.69 Å². The molecule has 2 aliphatic rings. The number of benzene rings is 1. The number of hydrogen-bond donors (Lipinski definition) is 1. The Balaban J connectivity index is 2.13. The predicted octanol–water partition coefficient (Wildman–Crippen LogP) is 1.68. The van der Waals surface area contributed by atoms with Crippen molar-refractivity contribution < 1.29 is 9.66 Å². The van der Waals surface area contributed by atoms with Gasteiger partial charge in [-0.1, -0.05) is 12.1 Å². The largest absolute Gasteiger partial charge is 0.380 e. The highest BCUT2D eigenvalue weighted by molar-refractivity contribution is 5.72. The number of fused-ring (bicyclic) bond motifs is 2. The van der Waals surface area contributed by atoms with Gasteiger partial charge in [-0.05, 0) is 12.0 Å². The zero-order chi connectivity index (χ0) is 11.2. The van der Waals surface area contributed by atoms with Crippen molar-refractivity contribution in [1.29, 1.82) is 0 Å². The van der Waals surface area contributed by atoms with Gasteiger partial charge in [-0.2, -0.15) is 0 Å². The highest BCUT2D eigenvalue weighted by Crippen LogP contribution is 2.45. The topological polar surface area (TPSA) is 64.4 Å². The molecular formula is C11H12N2O3. The number of rotatable bonds is 1. The number of nitrogens with zero attached hydrogens (tertiary/aromatic N) is 1. The summed E-state index contributed by atoms with van der Waals surface area (Å²) in [6.45, 7) is 2.14. The number of nitrogens with one attached hydrogen (secondary N) is 1. The average molecular weight is 220 g/mol. The van der Waals surface area contributed by atoms with Gasteiger partial charge in [0.15, 0.2) is 0 Å². The van der Waals surface area contributed by atoms with Crippen LogP contribution in [0.5, 0.6) is 0 Å². The lowest BCUT2D eigenvalue weighted by molar-refractivity contribution is -0.383. The molecule has 5 heteroatoms. The molecular weight excluding hydrogens is 208 g/mol. The van der Waals surface area contributed by atoms with Crippen molar-refractivity contribution in [3.63, 3.8) is 0 Å². The van der Waals surface area contributed by atoms with Crippen LogP contribution in [0.1, 0.15) is 12.0 Å². The van der Waals surface area contributed by atoms with Gasteiger partial charge in [-0.15, -0.1) is 0 Å². The number of para-hydroxylation sites is 1. The molecule has 84 valence electrons. The number of nitro benzene ring substituents is 1. The molecule has 5 nitrogen and oxygen atoms in total. The number of hydrogen-bond acceptors (Lipinski definition) is 4. The third-order valence-corrected chi connectivity index (χ3v) is 3.52. The second-order valence-corrected chi connectivity index (χ2v) is 4.39. The van der Waals surface area contributed by atoms with E-state index in [9.17, 15) is 10.1 Å². The minimum Gasteiger partial charge on any atom is -0.380 e. The molecule has 1 aromatic rings. The summed E-state index contributed by atoms with van der Waals surface area (Å²) in [5.41, 5.74) is 1.85. The zero-order valence-electron chi connectivity index (χ0n) is 8.73. The minimum absolute atomic E-state index is 0.0403. The van der Waals surface area contributed by atoms with Gasteiger partial charge < -0.3 is 10.1 Å². The van der Waals surface area contributed by atoms with E-state index >= 15 is 0 Å². The Morgan fingerprint density at radius 3 is 3.06 bits per heavy atom. The van der Waals surface area contributed by atoms with Crippen LogP contribution in [0.15, 0.2) is 18.2 Å². The summed E-state index contributed by atoms with van der Waals surface area (Å²) < 4.78 is 5.43. The molecule has 1 saturated heterocycles. The molecule has 0 aliphatic carbocycles. The van der Waals surface area contributed by atoms with Crippen LogP contribution in [0.25, 0.3) is 0 Å². The molecule has 0 saturated carbocycles. The molecule has 3 rings (SSSR count). The Kier molecular flexibility index (Phi) is 1.91. The van der Waals surface area contributed by atoms with Gasteiger partial charge in [0, 0.05) is 24.6 Å². The summed E-state index contributed by atoms with van der Waals surface area (Å²) >= 11 is 0. The number of nitro groups is 1. The lowest BCUT2D eigenvalue weighted by Crippen LogP contribution is -2.28. The molecule has 0 radical (unpaired) electrons. The molecule has 0 amide bonds. The van der Waals surface area contributed by atoms with E-state index in [-0.39, 0.29) is 16.0 Å². The molecule has 0 bridgehead atoms. The molecule has 1 unspecified atom stereocenters. The van der Waals surface area contributed by atoms with E-state index in [2.05, 4.69) is 5.32 Å². The average Bonchev–Trinajstić information content (AvgIpc) is 2.88. The van der Waals surface area contributed by atoms with Crippen molar-refractivity contribution in [1.82, 2.24) is 0 Å². The van der Waals surface area contributed by atoms with Gasteiger partial charge in [-0.3, -0.25) is 10.1 Å². The second-order valence-electron chi connectivity index (χ2n) is 4.39. The van der Waals surface area contributed by atoms with Gasteiger partial charge in [0.2, 0.25) is 0 Å². The van der Waals surface area contributed by atoms with Crippen LogP contribution < -0.4 is 5.32 Å². The van der Waals surface area contributed by atoms with Crippen molar-refractivity contribution in [3.8, 4) is 0 Å². The first-order valence-electron chi connectivity index (χ1n) is 5.32. The summed E-state index contributed by atoms with van der Waals surface area (Å²) in [6, 6.07) is 5.27. The maximum atomic E-state index is 10.9. The molecule has 16 heavy (non-hydrogen) atoms.